The van der Waals surface area contributed by atoms with Crippen LogP contribution >= 0.6 is 0 Å². The van der Waals surface area contributed by atoms with Gasteiger partial charge in [0.05, 0.1) is 11.1 Å². The summed E-state index contributed by atoms with van der Waals surface area (Å²) < 4.78 is 2.57. The Bertz CT molecular complexity index is 2060. The van der Waals surface area contributed by atoms with Crippen molar-refractivity contribution in [1.82, 2.24) is 0 Å². The highest BCUT2D eigenvalue weighted by atomic mass is 16.3. The van der Waals surface area contributed by atoms with Gasteiger partial charge in [-0.2, -0.15) is 0 Å². The number of Topliss-reactive ketones (excluding diaryl/α,β-unsaturated/α-hetero) is 1. The van der Waals surface area contributed by atoms with Gasteiger partial charge < -0.3 is 10.0 Å². The predicted molar refractivity (Wildman–Crippen MR) is 260 cm³/mol. The third kappa shape index (κ3) is 14.1. The third-order valence-electron chi connectivity index (χ3n) is 11.9. The highest BCUT2D eigenvalue weighted by Crippen LogP contribution is 2.36. The zero-order chi connectivity index (χ0) is 42.4. The lowest BCUT2D eigenvalue weighted by atomic mass is 9.82. The molecular weight excluding hydrogens is 733 g/mol. The fourth-order valence-corrected chi connectivity index (χ4v) is 8.10. The van der Waals surface area contributed by atoms with E-state index in [9.17, 15) is 9.90 Å². The zero-order valence-corrected chi connectivity index (χ0v) is 37.4. The number of rotatable bonds is 25. The van der Waals surface area contributed by atoms with E-state index in [1.807, 2.05) is 48.5 Å². The van der Waals surface area contributed by atoms with Gasteiger partial charge in [-0.25, -0.2) is 4.58 Å². The molecule has 0 atom stereocenters. The standard InChI is InChI=1S/C56H72N2O2/c1-5-9-13-17-41-57(42-18-14-10-6-2)51-37-29-47(30-38-51)23-21-45-25-33-49(34-26-45)53-55(59)54(56(53)60)50-35-27-46(28-36-50)22-24-48-31-39-52(40-32-48)58(43-19-15-11-7-3)44-20-16-12-8-4/h21-40H,5-20,41-44H2,1-4H3/p+1. The molecule has 0 amide bonds. The normalized spacial score (nSPS) is 13.7. The van der Waals surface area contributed by atoms with Crippen LogP contribution in [0.2, 0.25) is 0 Å². The van der Waals surface area contributed by atoms with Crippen LogP contribution in [-0.2, 0) is 4.79 Å². The van der Waals surface area contributed by atoms with Crippen LogP contribution in [0.1, 0.15) is 147 Å². The molecule has 2 aliphatic rings. The molecule has 5 rings (SSSR count). The van der Waals surface area contributed by atoms with E-state index >= 15 is 0 Å². The molecule has 4 heteroatoms. The van der Waals surface area contributed by atoms with Crippen molar-refractivity contribution in [3.8, 4) is 0 Å². The summed E-state index contributed by atoms with van der Waals surface area (Å²) in [6, 6.07) is 24.7. The van der Waals surface area contributed by atoms with E-state index in [1.54, 1.807) is 0 Å². The summed E-state index contributed by atoms with van der Waals surface area (Å²) in [5.74, 6) is -0.0462. The number of hydrogen-bond donors (Lipinski definition) is 1. The summed E-state index contributed by atoms with van der Waals surface area (Å²) in [5.41, 5.74) is 7.50. The number of ketones is 1. The second kappa shape index (κ2) is 25.6. The van der Waals surface area contributed by atoms with Gasteiger partial charge in [0, 0.05) is 43.8 Å². The zero-order valence-electron chi connectivity index (χ0n) is 37.4. The highest BCUT2D eigenvalue weighted by Gasteiger charge is 2.35. The van der Waals surface area contributed by atoms with Crippen molar-refractivity contribution in [3.05, 3.63) is 142 Å². The molecule has 0 bridgehead atoms. The van der Waals surface area contributed by atoms with Crippen LogP contribution in [0.5, 0.6) is 0 Å². The number of anilines is 1. The largest absolute Gasteiger partial charge is 0.506 e. The smallest absolute Gasteiger partial charge is 0.201 e. The van der Waals surface area contributed by atoms with E-state index in [4.69, 9.17) is 0 Å². The Hall–Kier alpha value is -4.96. The van der Waals surface area contributed by atoms with Gasteiger partial charge in [0.1, 0.15) is 18.8 Å². The molecule has 0 aromatic heterocycles. The summed E-state index contributed by atoms with van der Waals surface area (Å²) in [4.78, 5) is 15.9. The Morgan fingerprint density at radius 1 is 0.533 bits per heavy atom. The number of carbonyl (C=O) groups excluding carboxylic acids is 1. The lowest BCUT2D eigenvalue weighted by molar-refractivity contribution is -0.527. The molecule has 3 aromatic rings. The molecule has 0 heterocycles. The maximum Gasteiger partial charge on any atom is 0.201 e. The Balaban J connectivity index is 1.20. The number of hydrogen-bond acceptors (Lipinski definition) is 3. The van der Waals surface area contributed by atoms with Gasteiger partial charge in [-0.1, -0.05) is 177 Å². The third-order valence-corrected chi connectivity index (χ3v) is 11.9. The maximum absolute atomic E-state index is 13.4. The summed E-state index contributed by atoms with van der Waals surface area (Å²) in [7, 11) is 0. The van der Waals surface area contributed by atoms with Crippen LogP contribution < -0.4 is 15.3 Å². The van der Waals surface area contributed by atoms with Crippen LogP contribution in [0.3, 0.4) is 0 Å². The number of nitrogens with zero attached hydrogens (tertiary/aromatic N) is 2. The Morgan fingerprint density at radius 2 is 1.03 bits per heavy atom. The molecule has 0 spiro atoms. The lowest BCUT2D eigenvalue weighted by Crippen LogP contribution is -2.27. The van der Waals surface area contributed by atoms with Gasteiger partial charge in [0.15, 0.2) is 5.71 Å². The van der Waals surface area contributed by atoms with Gasteiger partial charge in [-0.15, -0.1) is 0 Å². The summed E-state index contributed by atoms with van der Waals surface area (Å²) >= 11 is 0. The van der Waals surface area contributed by atoms with Gasteiger partial charge >= 0.3 is 0 Å². The van der Waals surface area contributed by atoms with Crippen molar-refractivity contribution in [2.24, 2.45) is 0 Å². The summed E-state index contributed by atoms with van der Waals surface area (Å²) in [6.45, 7) is 13.6. The van der Waals surface area contributed by atoms with Crippen molar-refractivity contribution in [2.75, 3.05) is 31.1 Å². The van der Waals surface area contributed by atoms with E-state index in [-0.39, 0.29) is 11.5 Å². The lowest BCUT2D eigenvalue weighted by Gasteiger charge is -2.25. The van der Waals surface area contributed by atoms with Gasteiger partial charge in [0.25, 0.3) is 0 Å². The molecule has 0 fully saturated rings. The van der Waals surface area contributed by atoms with Crippen molar-refractivity contribution < 1.29 is 14.5 Å². The minimum atomic E-state index is -0.117. The van der Waals surface area contributed by atoms with Gasteiger partial charge in [-0.05, 0) is 82.7 Å². The Kier molecular flexibility index (Phi) is 19.7. The van der Waals surface area contributed by atoms with E-state index in [0.717, 1.165) is 58.9 Å². The molecule has 0 unspecified atom stereocenters. The van der Waals surface area contributed by atoms with E-state index in [2.05, 4.69) is 110 Å². The van der Waals surface area contributed by atoms with Crippen molar-refractivity contribution in [2.45, 2.75) is 130 Å². The number of unbranched alkanes of at least 4 members (excludes halogenated alkanes) is 12. The first-order valence-electron chi connectivity index (χ1n) is 23.6. The molecule has 0 radical (unpaired) electrons. The van der Waals surface area contributed by atoms with Gasteiger partial charge in [-0.3, -0.25) is 4.79 Å². The van der Waals surface area contributed by atoms with Crippen LogP contribution in [-0.4, -0.2) is 47.4 Å². The molecule has 4 nitrogen and oxygen atoms in total. The van der Waals surface area contributed by atoms with Crippen LogP contribution in [0.15, 0.2) is 115 Å². The number of allylic oxidation sites excluding steroid dienone is 8. The first-order chi connectivity index (χ1) is 29.4. The average molecular weight is 806 g/mol. The molecule has 0 saturated heterocycles. The molecule has 1 N–H and O–H groups in total. The van der Waals surface area contributed by atoms with E-state index in [1.165, 1.54) is 114 Å². The quantitative estimate of drug-likeness (QED) is 0.0527. The molecule has 2 aliphatic carbocycles. The fraction of sp³-hybridized carbons (Fsp3) is 0.429. The molecule has 318 valence electrons. The summed E-state index contributed by atoms with van der Waals surface area (Å²) in [5, 5.41) is 12.9. The monoisotopic (exact) mass is 806 g/mol. The minimum Gasteiger partial charge on any atom is -0.506 e. The second-order valence-electron chi connectivity index (χ2n) is 16.7. The molecule has 0 saturated carbocycles. The van der Waals surface area contributed by atoms with Crippen LogP contribution in [0.25, 0.3) is 29.4 Å². The highest BCUT2D eigenvalue weighted by molar-refractivity contribution is 6.51. The molecular formula is C56H73N2O2+. The van der Waals surface area contributed by atoms with Crippen molar-refractivity contribution >= 4 is 46.6 Å². The van der Waals surface area contributed by atoms with Crippen molar-refractivity contribution in [3.63, 3.8) is 0 Å². The minimum absolute atomic E-state index is 0.0707. The fourth-order valence-electron chi connectivity index (χ4n) is 8.10. The van der Waals surface area contributed by atoms with E-state index in [0.29, 0.717) is 11.1 Å². The average Bonchev–Trinajstić information content (AvgIpc) is 3.28. The predicted octanol–water partition coefficient (Wildman–Crippen LogP) is 13.0. The molecule has 3 aromatic carbocycles. The number of carbonyl (C=O) groups is 1. The van der Waals surface area contributed by atoms with Gasteiger partial charge in [0.2, 0.25) is 5.78 Å². The summed E-state index contributed by atoms with van der Waals surface area (Å²) in [6.07, 6.45) is 37.9. The Morgan fingerprint density at radius 3 is 1.53 bits per heavy atom. The molecule has 0 aliphatic heterocycles. The van der Waals surface area contributed by atoms with Crippen LogP contribution in [0.4, 0.5) is 5.69 Å². The first kappa shape index (κ1) is 46.1. The number of aliphatic hydroxyl groups is 1. The topological polar surface area (TPSA) is 43.5 Å². The van der Waals surface area contributed by atoms with E-state index < -0.39 is 0 Å². The number of aliphatic hydroxyl groups excluding tert-OH is 1. The van der Waals surface area contributed by atoms with Crippen molar-refractivity contribution in [1.29, 1.82) is 0 Å². The SMILES string of the molecule is CCCCCCN(CCCCCC)c1ccc(/C=C/c2ccc(C3=C(O)C(=c4ccc(=CC=C5C=CC(=[N+](CCCCCC)CCCCCC)C=C5)cc4)C3=O)cc2)cc1. The maximum atomic E-state index is 13.4. The second-order valence-corrected chi connectivity index (χ2v) is 16.7. The first-order valence-corrected chi connectivity index (χ1v) is 23.6. The molecule has 60 heavy (non-hydrogen) atoms. The number of benzene rings is 3. The Labute approximate surface area is 362 Å². The van der Waals surface area contributed by atoms with Crippen LogP contribution in [0, 0.1) is 0 Å².